The van der Waals surface area contributed by atoms with E-state index in [1.165, 1.54) is 0 Å². The van der Waals surface area contributed by atoms with Crippen LogP contribution in [0.2, 0.25) is 0 Å². The van der Waals surface area contributed by atoms with Gasteiger partial charge in [-0.15, -0.1) is 0 Å². The molecule has 1 fully saturated rings. The highest BCUT2D eigenvalue weighted by Gasteiger charge is 2.37. The largest absolute Gasteiger partial charge is 0.480 e. The number of pyridine rings is 1. The summed E-state index contributed by atoms with van der Waals surface area (Å²) in [5.41, 5.74) is 0.978. The van der Waals surface area contributed by atoms with Crippen LogP contribution in [0.15, 0.2) is 23.0 Å². The van der Waals surface area contributed by atoms with Crippen LogP contribution in [0.25, 0.3) is 0 Å². The van der Waals surface area contributed by atoms with Crippen molar-refractivity contribution in [1.82, 2.24) is 14.8 Å². The summed E-state index contributed by atoms with van der Waals surface area (Å²) in [5, 5.41) is 11.9. The van der Waals surface area contributed by atoms with Crippen molar-refractivity contribution in [2.24, 2.45) is 5.92 Å². The molecule has 3 rings (SSSR count). The number of aromatic nitrogens is 1. The Balaban J connectivity index is 1.70. The molecule has 2 amide bonds. The van der Waals surface area contributed by atoms with Gasteiger partial charge >= 0.3 is 12.0 Å². The Kier molecular flexibility index (Phi) is 5.36. The molecule has 2 N–H and O–H groups in total. The Morgan fingerprint density at radius 1 is 1.36 bits per heavy atom. The number of hydrogen-bond acceptors (Lipinski definition) is 4. The van der Waals surface area contributed by atoms with Crippen molar-refractivity contribution >= 4 is 23.8 Å². The molecule has 1 saturated heterocycles. The first-order chi connectivity index (χ1) is 12.0. The van der Waals surface area contributed by atoms with E-state index in [4.69, 9.17) is 0 Å². The number of carbonyl (C=O) groups is 2. The van der Waals surface area contributed by atoms with E-state index in [9.17, 15) is 19.5 Å². The topological polar surface area (TPSA) is 91.6 Å². The van der Waals surface area contributed by atoms with E-state index in [0.29, 0.717) is 31.8 Å². The second-order valence-electron chi connectivity index (χ2n) is 6.72. The molecule has 0 aliphatic carbocycles. The molecule has 2 aliphatic rings. The fourth-order valence-electron chi connectivity index (χ4n) is 3.80. The molecule has 0 unspecified atom stereocenters. The summed E-state index contributed by atoms with van der Waals surface area (Å²) in [7, 11) is 0. The van der Waals surface area contributed by atoms with Gasteiger partial charge in [-0.05, 0) is 36.8 Å². The number of nitrogens with one attached hydrogen (secondary N) is 1. The van der Waals surface area contributed by atoms with Crippen LogP contribution in [-0.4, -0.2) is 57.7 Å². The van der Waals surface area contributed by atoms with Gasteiger partial charge < -0.3 is 19.9 Å². The van der Waals surface area contributed by atoms with Crippen molar-refractivity contribution in [2.75, 3.05) is 25.1 Å². The predicted octanol–water partition coefficient (Wildman–Crippen LogP) is 1.18. The lowest BCUT2D eigenvalue weighted by Crippen LogP contribution is -2.54. The summed E-state index contributed by atoms with van der Waals surface area (Å²) in [4.78, 5) is 37.6. The Morgan fingerprint density at radius 3 is 2.88 bits per heavy atom. The van der Waals surface area contributed by atoms with E-state index >= 15 is 0 Å². The van der Waals surface area contributed by atoms with Crippen LogP contribution in [0.3, 0.4) is 0 Å². The molecular formula is C17H23N3O4S. The third-order valence-electron chi connectivity index (χ3n) is 4.97. The van der Waals surface area contributed by atoms with Crippen LogP contribution in [-0.2, 0) is 11.3 Å². The normalized spacial score (nSPS) is 22.8. The molecule has 25 heavy (non-hydrogen) atoms. The van der Waals surface area contributed by atoms with Crippen LogP contribution in [0.5, 0.6) is 0 Å². The molecule has 8 heteroatoms. The van der Waals surface area contributed by atoms with E-state index in [1.54, 1.807) is 28.8 Å². The number of urea groups is 1. The number of amides is 2. The lowest BCUT2D eigenvalue weighted by molar-refractivity contribution is -0.139. The SMILES string of the molecule is CSCC[C@H](NC(=O)N1C[C@H]2C[C@@H](C1)c1cccc(=O)n1C2)C(=O)O. The number of rotatable bonds is 5. The molecule has 2 aliphatic heterocycles. The molecule has 3 heterocycles. The molecule has 0 aromatic carbocycles. The monoisotopic (exact) mass is 365 g/mol. The first kappa shape index (κ1) is 17.8. The second-order valence-corrected chi connectivity index (χ2v) is 7.71. The summed E-state index contributed by atoms with van der Waals surface area (Å²) in [5.74, 6) is 0.0309. The Bertz CT molecular complexity index is 720. The summed E-state index contributed by atoms with van der Waals surface area (Å²) in [6, 6.07) is 4.09. The van der Waals surface area contributed by atoms with Crippen LogP contribution in [0.1, 0.15) is 24.5 Å². The molecule has 1 aromatic heterocycles. The molecule has 1 aromatic rings. The first-order valence-electron chi connectivity index (χ1n) is 8.46. The standard InChI is InChI=1S/C17H23N3O4S/c1-25-6-5-13(16(22)23)18-17(24)19-8-11-7-12(10-19)14-3-2-4-15(21)20(14)9-11/h2-4,11-13H,5-10H2,1H3,(H,18,24)(H,22,23)/t11-,12+,13+/m1/s1. The molecule has 3 atom stereocenters. The van der Waals surface area contributed by atoms with E-state index in [0.717, 1.165) is 12.1 Å². The minimum atomic E-state index is -1.00. The van der Waals surface area contributed by atoms with Gasteiger partial charge in [0, 0.05) is 37.3 Å². The molecule has 136 valence electrons. The van der Waals surface area contributed by atoms with Crippen LogP contribution < -0.4 is 10.9 Å². The van der Waals surface area contributed by atoms with Gasteiger partial charge in [0.25, 0.3) is 5.56 Å². The summed E-state index contributed by atoms with van der Waals surface area (Å²) in [6.07, 6.45) is 3.27. The van der Waals surface area contributed by atoms with Crippen LogP contribution in [0, 0.1) is 5.92 Å². The zero-order chi connectivity index (χ0) is 18.0. The summed E-state index contributed by atoms with van der Waals surface area (Å²) < 4.78 is 1.81. The Morgan fingerprint density at radius 2 is 2.16 bits per heavy atom. The van der Waals surface area contributed by atoms with Gasteiger partial charge in [0.05, 0.1) is 0 Å². The zero-order valence-electron chi connectivity index (χ0n) is 14.2. The van der Waals surface area contributed by atoms with Gasteiger partial charge in [0.15, 0.2) is 0 Å². The van der Waals surface area contributed by atoms with Crippen LogP contribution >= 0.6 is 11.8 Å². The number of thioether (sulfide) groups is 1. The highest BCUT2D eigenvalue weighted by atomic mass is 32.2. The fraction of sp³-hybridized carbons (Fsp3) is 0.588. The number of carboxylic acid groups (broad SMARTS) is 1. The third kappa shape index (κ3) is 3.84. The molecule has 0 spiro atoms. The smallest absolute Gasteiger partial charge is 0.326 e. The van der Waals surface area contributed by atoms with E-state index in [-0.39, 0.29) is 23.4 Å². The third-order valence-corrected chi connectivity index (χ3v) is 5.62. The van der Waals surface area contributed by atoms with Crippen molar-refractivity contribution in [3.05, 3.63) is 34.2 Å². The number of piperidine rings is 1. The number of aliphatic carboxylic acids is 1. The number of likely N-dealkylation sites (tertiary alicyclic amines) is 1. The first-order valence-corrected chi connectivity index (χ1v) is 9.86. The molecule has 7 nitrogen and oxygen atoms in total. The number of carboxylic acids is 1. The van der Waals surface area contributed by atoms with Gasteiger partial charge in [-0.1, -0.05) is 6.07 Å². The van der Waals surface area contributed by atoms with Crippen molar-refractivity contribution in [2.45, 2.75) is 31.3 Å². The predicted molar refractivity (Wildman–Crippen MR) is 96.1 cm³/mol. The zero-order valence-corrected chi connectivity index (χ0v) is 15.0. The number of hydrogen-bond donors (Lipinski definition) is 2. The Labute approximate surface area is 150 Å². The van der Waals surface area contributed by atoms with Gasteiger partial charge in [0.1, 0.15) is 6.04 Å². The maximum atomic E-state index is 12.6. The van der Waals surface area contributed by atoms with Gasteiger partial charge in [0.2, 0.25) is 0 Å². The lowest BCUT2D eigenvalue weighted by atomic mass is 9.83. The minimum Gasteiger partial charge on any atom is -0.480 e. The van der Waals surface area contributed by atoms with E-state index in [1.807, 2.05) is 16.9 Å². The maximum absolute atomic E-state index is 12.6. The average molecular weight is 365 g/mol. The van der Waals surface area contributed by atoms with Crippen molar-refractivity contribution in [1.29, 1.82) is 0 Å². The van der Waals surface area contributed by atoms with E-state index in [2.05, 4.69) is 5.32 Å². The Hall–Kier alpha value is -1.96. The molecule has 0 saturated carbocycles. The summed E-state index contributed by atoms with van der Waals surface area (Å²) in [6.45, 7) is 1.68. The van der Waals surface area contributed by atoms with Gasteiger partial charge in [-0.2, -0.15) is 11.8 Å². The number of nitrogens with zero attached hydrogens (tertiary/aromatic N) is 2. The van der Waals surface area contributed by atoms with Gasteiger partial charge in [-0.3, -0.25) is 4.79 Å². The lowest BCUT2D eigenvalue weighted by Gasteiger charge is -2.42. The summed E-state index contributed by atoms with van der Waals surface area (Å²) >= 11 is 1.56. The number of carbonyl (C=O) groups excluding carboxylic acids is 1. The molecular weight excluding hydrogens is 342 g/mol. The van der Waals surface area contributed by atoms with Crippen molar-refractivity contribution in [3.63, 3.8) is 0 Å². The minimum absolute atomic E-state index is 0.00751. The highest BCUT2D eigenvalue weighted by Crippen LogP contribution is 2.34. The fourth-order valence-corrected chi connectivity index (χ4v) is 4.27. The van der Waals surface area contributed by atoms with Gasteiger partial charge in [-0.25, -0.2) is 9.59 Å². The maximum Gasteiger partial charge on any atom is 0.326 e. The highest BCUT2D eigenvalue weighted by molar-refractivity contribution is 7.98. The molecule has 0 radical (unpaired) electrons. The van der Waals surface area contributed by atoms with Crippen molar-refractivity contribution < 1.29 is 14.7 Å². The van der Waals surface area contributed by atoms with Crippen LogP contribution in [0.4, 0.5) is 4.79 Å². The quantitative estimate of drug-likeness (QED) is 0.818. The average Bonchev–Trinajstić information content (AvgIpc) is 2.59. The van der Waals surface area contributed by atoms with Crippen molar-refractivity contribution in [3.8, 4) is 0 Å². The second kappa shape index (κ2) is 7.51. The molecule has 2 bridgehead atoms. The van der Waals surface area contributed by atoms with E-state index < -0.39 is 12.0 Å². The number of fused-ring (bicyclic) bond motifs is 4.